The Morgan fingerprint density at radius 1 is 1.08 bits per heavy atom. The molecule has 0 spiro atoms. The van der Waals surface area contributed by atoms with Crippen molar-refractivity contribution in [2.45, 2.75) is 25.3 Å². The van der Waals surface area contributed by atoms with Crippen molar-refractivity contribution in [1.29, 1.82) is 0 Å². The Kier molecular flexibility index (Phi) is 4.49. The van der Waals surface area contributed by atoms with Gasteiger partial charge in [-0.3, -0.25) is 9.59 Å². The molecule has 1 aliphatic heterocycles. The van der Waals surface area contributed by atoms with Gasteiger partial charge in [-0.25, -0.2) is 0 Å². The zero-order chi connectivity index (χ0) is 18.1. The van der Waals surface area contributed by atoms with Crippen LogP contribution in [0.5, 0.6) is 0 Å². The largest absolute Gasteiger partial charge is 0.481 e. The molecule has 130 valence electrons. The summed E-state index contributed by atoms with van der Waals surface area (Å²) in [4.78, 5) is 28.4. The number of amides is 1. The van der Waals surface area contributed by atoms with Gasteiger partial charge in [-0.1, -0.05) is 18.2 Å². The molecule has 0 aliphatic carbocycles. The van der Waals surface area contributed by atoms with Gasteiger partial charge >= 0.3 is 5.97 Å². The smallest absolute Gasteiger partial charge is 0.311 e. The maximum absolute atomic E-state index is 13.1. The van der Waals surface area contributed by atoms with Crippen molar-refractivity contribution in [1.82, 2.24) is 0 Å². The minimum atomic E-state index is -0.846. The van der Waals surface area contributed by atoms with E-state index in [9.17, 15) is 14.7 Å². The molecule has 0 unspecified atom stereocenters. The van der Waals surface area contributed by atoms with E-state index in [1.807, 2.05) is 68.4 Å². The second-order valence-corrected chi connectivity index (χ2v) is 6.65. The van der Waals surface area contributed by atoms with Gasteiger partial charge < -0.3 is 14.9 Å². The van der Waals surface area contributed by atoms with Gasteiger partial charge in [0.25, 0.3) is 5.91 Å². The second-order valence-electron chi connectivity index (χ2n) is 6.65. The Morgan fingerprint density at radius 3 is 2.32 bits per heavy atom. The Morgan fingerprint density at radius 2 is 1.72 bits per heavy atom. The third-order valence-electron chi connectivity index (χ3n) is 4.74. The van der Waals surface area contributed by atoms with Crippen LogP contribution in [0.25, 0.3) is 0 Å². The highest BCUT2D eigenvalue weighted by molar-refractivity contribution is 6.08. The van der Waals surface area contributed by atoms with Gasteiger partial charge in [-0.15, -0.1) is 0 Å². The van der Waals surface area contributed by atoms with E-state index < -0.39 is 11.9 Å². The number of hydrogen-bond acceptors (Lipinski definition) is 3. The van der Waals surface area contributed by atoms with Crippen LogP contribution in [0.3, 0.4) is 0 Å². The predicted molar refractivity (Wildman–Crippen MR) is 98.5 cm³/mol. The average molecular weight is 338 g/mol. The third-order valence-corrected chi connectivity index (χ3v) is 4.74. The lowest BCUT2D eigenvalue weighted by molar-refractivity contribution is -0.139. The molecule has 1 amide bonds. The lowest BCUT2D eigenvalue weighted by Gasteiger charge is -2.38. The monoisotopic (exact) mass is 338 g/mol. The van der Waals surface area contributed by atoms with Gasteiger partial charge in [0.2, 0.25) is 0 Å². The molecule has 0 bridgehead atoms. The van der Waals surface area contributed by atoms with E-state index in [0.29, 0.717) is 23.2 Å². The van der Waals surface area contributed by atoms with Gasteiger partial charge in [0.05, 0.1) is 5.92 Å². The molecule has 1 heterocycles. The molecule has 5 nitrogen and oxygen atoms in total. The quantitative estimate of drug-likeness (QED) is 0.932. The number of carbonyl (C=O) groups excluding carboxylic acids is 1. The summed E-state index contributed by atoms with van der Waals surface area (Å²) in [6.07, 6.45) is 0.411. The van der Waals surface area contributed by atoms with Crippen LogP contribution in [0.1, 0.15) is 35.2 Å². The minimum Gasteiger partial charge on any atom is -0.481 e. The van der Waals surface area contributed by atoms with E-state index >= 15 is 0 Å². The normalized spacial score (nSPS) is 19.2. The predicted octanol–water partition coefficient (Wildman–Crippen LogP) is 3.36. The van der Waals surface area contributed by atoms with Crippen molar-refractivity contribution < 1.29 is 14.7 Å². The van der Waals surface area contributed by atoms with Gasteiger partial charge in [-0.2, -0.15) is 0 Å². The number of aliphatic carboxylic acids is 1. The van der Waals surface area contributed by atoms with Gasteiger partial charge in [-0.05, 0) is 49.2 Å². The summed E-state index contributed by atoms with van der Waals surface area (Å²) in [5.74, 6) is -1.53. The standard InChI is InChI=1S/C20H22N2O3/c1-13-12-17(20(24)25)16-6-4-5-7-18(16)22(13)19(23)14-8-10-15(11-9-14)21(2)3/h4-11,13,17H,12H2,1-3H3,(H,24,25)/t13-,17-/m0/s1. The van der Waals surface area contributed by atoms with Crippen molar-refractivity contribution in [3.63, 3.8) is 0 Å². The molecular weight excluding hydrogens is 316 g/mol. The molecule has 0 saturated carbocycles. The molecule has 0 saturated heterocycles. The first-order chi connectivity index (χ1) is 11.9. The first-order valence-corrected chi connectivity index (χ1v) is 8.33. The number of carboxylic acid groups (broad SMARTS) is 1. The third kappa shape index (κ3) is 3.09. The average Bonchev–Trinajstić information content (AvgIpc) is 2.60. The maximum atomic E-state index is 13.1. The fourth-order valence-corrected chi connectivity index (χ4v) is 3.40. The van der Waals surface area contributed by atoms with Crippen LogP contribution in [-0.2, 0) is 4.79 Å². The van der Waals surface area contributed by atoms with Crippen molar-refractivity contribution >= 4 is 23.3 Å². The molecule has 3 rings (SSSR count). The summed E-state index contributed by atoms with van der Waals surface area (Å²) in [5.41, 5.74) is 3.01. The van der Waals surface area contributed by atoms with Gasteiger partial charge in [0.15, 0.2) is 0 Å². The van der Waals surface area contributed by atoms with Gasteiger partial charge in [0.1, 0.15) is 0 Å². The number of hydrogen-bond donors (Lipinski definition) is 1. The lowest BCUT2D eigenvalue weighted by Crippen LogP contribution is -2.44. The topological polar surface area (TPSA) is 60.9 Å². The number of carbonyl (C=O) groups is 2. The fourth-order valence-electron chi connectivity index (χ4n) is 3.40. The van der Waals surface area contributed by atoms with E-state index in [1.54, 1.807) is 11.0 Å². The SMILES string of the molecule is C[C@H]1C[C@H](C(=O)O)c2ccccc2N1C(=O)c1ccc(N(C)C)cc1. The number of benzene rings is 2. The van der Waals surface area contributed by atoms with Crippen LogP contribution in [0.2, 0.25) is 0 Å². The van der Waals surface area contributed by atoms with E-state index in [0.717, 1.165) is 5.69 Å². The van der Waals surface area contributed by atoms with E-state index in [-0.39, 0.29) is 11.9 Å². The number of carboxylic acids is 1. The number of rotatable bonds is 3. The molecule has 0 aromatic heterocycles. The highest BCUT2D eigenvalue weighted by atomic mass is 16.4. The molecular formula is C20H22N2O3. The van der Waals surface area contributed by atoms with Crippen LogP contribution in [0.4, 0.5) is 11.4 Å². The Labute approximate surface area is 147 Å². The molecule has 2 atom stereocenters. The summed E-state index contributed by atoms with van der Waals surface area (Å²) in [6.45, 7) is 1.90. The highest BCUT2D eigenvalue weighted by Crippen LogP contribution is 2.39. The maximum Gasteiger partial charge on any atom is 0.311 e. The van der Waals surface area contributed by atoms with Crippen LogP contribution < -0.4 is 9.80 Å². The number of para-hydroxylation sites is 1. The Balaban J connectivity index is 1.99. The first-order valence-electron chi connectivity index (χ1n) is 8.33. The van der Waals surface area contributed by atoms with Gasteiger partial charge in [0, 0.05) is 37.1 Å². The molecule has 0 radical (unpaired) electrons. The molecule has 1 aliphatic rings. The summed E-state index contributed by atoms with van der Waals surface area (Å²) in [7, 11) is 3.90. The number of nitrogens with zero attached hydrogens (tertiary/aromatic N) is 2. The van der Waals surface area contributed by atoms with Crippen LogP contribution in [-0.4, -0.2) is 37.1 Å². The molecule has 1 N–H and O–H groups in total. The summed E-state index contributed by atoms with van der Waals surface area (Å²) < 4.78 is 0. The zero-order valence-corrected chi connectivity index (χ0v) is 14.6. The van der Waals surface area contributed by atoms with E-state index in [1.165, 1.54) is 0 Å². The second kappa shape index (κ2) is 6.59. The minimum absolute atomic E-state index is 0.103. The van der Waals surface area contributed by atoms with Crippen molar-refractivity contribution in [3.05, 3.63) is 59.7 Å². The van der Waals surface area contributed by atoms with Crippen molar-refractivity contribution in [2.24, 2.45) is 0 Å². The van der Waals surface area contributed by atoms with E-state index in [2.05, 4.69) is 0 Å². The van der Waals surface area contributed by atoms with Crippen LogP contribution in [0, 0.1) is 0 Å². The summed E-state index contributed by atoms with van der Waals surface area (Å²) in [5, 5.41) is 9.52. The Hall–Kier alpha value is -2.82. The van der Waals surface area contributed by atoms with Crippen LogP contribution >= 0.6 is 0 Å². The summed E-state index contributed by atoms with van der Waals surface area (Å²) in [6, 6.07) is 14.6. The molecule has 2 aromatic carbocycles. The van der Waals surface area contributed by atoms with Crippen molar-refractivity contribution in [3.8, 4) is 0 Å². The van der Waals surface area contributed by atoms with Crippen molar-refractivity contribution in [2.75, 3.05) is 23.9 Å². The first kappa shape index (κ1) is 17.0. The number of anilines is 2. The molecule has 25 heavy (non-hydrogen) atoms. The zero-order valence-electron chi connectivity index (χ0n) is 14.6. The molecule has 2 aromatic rings. The number of fused-ring (bicyclic) bond motifs is 1. The van der Waals surface area contributed by atoms with Crippen LogP contribution in [0.15, 0.2) is 48.5 Å². The molecule has 0 fully saturated rings. The highest BCUT2D eigenvalue weighted by Gasteiger charge is 2.37. The van der Waals surface area contributed by atoms with E-state index in [4.69, 9.17) is 0 Å². The fraction of sp³-hybridized carbons (Fsp3) is 0.300. The lowest BCUT2D eigenvalue weighted by atomic mass is 9.85. The summed E-state index contributed by atoms with van der Waals surface area (Å²) >= 11 is 0. The molecule has 5 heteroatoms. The Bertz CT molecular complexity index is 799.